The van der Waals surface area contributed by atoms with E-state index in [1.165, 1.54) is 32.1 Å². The van der Waals surface area contributed by atoms with Crippen molar-refractivity contribution in [3.05, 3.63) is 0 Å². The first-order valence-electron chi connectivity index (χ1n) is 6.88. The average molecular weight is 226 g/mol. The molecule has 0 bridgehead atoms. The highest BCUT2D eigenvalue weighted by Gasteiger charge is 2.28. The van der Waals surface area contributed by atoms with Crippen LogP contribution >= 0.6 is 0 Å². The molecule has 1 aliphatic heterocycles. The van der Waals surface area contributed by atoms with Crippen molar-refractivity contribution in [2.75, 3.05) is 33.2 Å². The van der Waals surface area contributed by atoms with E-state index >= 15 is 0 Å². The van der Waals surface area contributed by atoms with Gasteiger partial charge in [0.25, 0.3) is 0 Å². The molecule has 0 aromatic carbocycles. The molecule has 94 valence electrons. The van der Waals surface area contributed by atoms with Crippen LogP contribution in [0.4, 0.5) is 0 Å². The maximum atomic E-state index is 10.2. The summed E-state index contributed by atoms with van der Waals surface area (Å²) in [5.41, 5.74) is 0. The summed E-state index contributed by atoms with van der Waals surface area (Å²) in [4.78, 5) is 4.90. The van der Waals surface area contributed by atoms with Gasteiger partial charge in [0, 0.05) is 32.2 Å². The topological polar surface area (TPSA) is 26.7 Å². The first kappa shape index (κ1) is 12.3. The largest absolute Gasteiger partial charge is 0.391 e. The fourth-order valence-electron chi connectivity index (χ4n) is 3.02. The van der Waals surface area contributed by atoms with Gasteiger partial charge in [-0.3, -0.25) is 4.90 Å². The summed E-state index contributed by atoms with van der Waals surface area (Å²) in [7, 11) is 2.19. The molecular weight excluding hydrogens is 200 g/mol. The van der Waals surface area contributed by atoms with Crippen molar-refractivity contribution in [3.63, 3.8) is 0 Å². The summed E-state index contributed by atoms with van der Waals surface area (Å²) in [6.45, 7) is 4.59. The number of likely N-dealkylation sites (N-methyl/N-ethyl adjacent to an activating group) is 1. The van der Waals surface area contributed by atoms with Crippen molar-refractivity contribution in [1.82, 2.24) is 9.80 Å². The molecule has 1 N–H and O–H groups in total. The standard InChI is InChI=1S/C13H26N2O/c1-14-8-10-15(11-9-14)12-6-4-2-3-5-7-13(12)16/h12-13,16H,2-11H2,1H3. The van der Waals surface area contributed by atoms with E-state index < -0.39 is 0 Å². The lowest BCUT2D eigenvalue weighted by molar-refractivity contribution is 0.00977. The molecule has 0 radical (unpaired) electrons. The van der Waals surface area contributed by atoms with Crippen LogP contribution < -0.4 is 0 Å². The Morgan fingerprint density at radius 3 is 2.19 bits per heavy atom. The zero-order valence-corrected chi connectivity index (χ0v) is 10.6. The minimum Gasteiger partial charge on any atom is -0.391 e. The predicted molar refractivity (Wildman–Crippen MR) is 66.6 cm³/mol. The number of aliphatic hydroxyl groups excluding tert-OH is 1. The van der Waals surface area contributed by atoms with Crippen LogP contribution in [0.15, 0.2) is 0 Å². The highest BCUT2D eigenvalue weighted by atomic mass is 16.3. The molecule has 2 aliphatic rings. The molecule has 16 heavy (non-hydrogen) atoms. The van der Waals surface area contributed by atoms with Crippen LogP contribution in [0.3, 0.4) is 0 Å². The van der Waals surface area contributed by atoms with Gasteiger partial charge in [-0.05, 0) is 19.9 Å². The number of aliphatic hydroxyl groups is 1. The lowest BCUT2D eigenvalue weighted by Crippen LogP contribution is -2.52. The smallest absolute Gasteiger partial charge is 0.0695 e. The van der Waals surface area contributed by atoms with Crippen molar-refractivity contribution < 1.29 is 5.11 Å². The Morgan fingerprint density at radius 2 is 1.50 bits per heavy atom. The number of rotatable bonds is 1. The zero-order valence-electron chi connectivity index (χ0n) is 10.6. The monoisotopic (exact) mass is 226 g/mol. The first-order valence-corrected chi connectivity index (χ1v) is 6.88. The van der Waals surface area contributed by atoms with Crippen molar-refractivity contribution >= 4 is 0 Å². The lowest BCUT2D eigenvalue weighted by Gasteiger charge is -2.40. The summed E-state index contributed by atoms with van der Waals surface area (Å²) < 4.78 is 0. The van der Waals surface area contributed by atoms with Gasteiger partial charge in [0.15, 0.2) is 0 Å². The Kier molecular flexibility index (Phi) is 4.62. The van der Waals surface area contributed by atoms with Crippen LogP contribution in [-0.4, -0.2) is 60.3 Å². The van der Waals surface area contributed by atoms with Gasteiger partial charge in [-0.25, -0.2) is 0 Å². The molecule has 3 heteroatoms. The van der Waals surface area contributed by atoms with E-state index in [0.29, 0.717) is 6.04 Å². The van der Waals surface area contributed by atoms with Crippen LogP contribution in [0.1, 0.15) is 38.5 Å². The van der Waals surface area contributed by atoms with Gasteiger partial charge in [-0.1, -0.05) is 25.7 Å². The molecule has 0 spiro atoms. The Bertz CT molecular complexity index is 202. The van der Waals surface area contributed by atoms with Crippen molar-refractivity contribution in [2.24, 2.45) is 0 Å². The SMILES string of the molecule is CN1CCN(C2CCCCCCC2O)CC1. The van der Waals surface area contributed by atoms with Crippen LogP contribution in [0.2, 0.25) is 0 Å². The van der Waals surface area contributed by atoms with E-state index in [2.05, 4.69) is 16.8 Å². The molecule has 1 saturated heterocycles. The fraction of sp³-hybridized carbons (Fsp3) is 1.00. The van der Waals surface area contributed by atoms with Gasteiger partial charge in [0.05, 0.1) is 6.10 Å². The second kappa shape index (κ2) is 5.99. The Hall–Kier alpha value is -0.120. The predicted octanol–water partition coefficient (Wildman–Crippen LogP) is 1.32. The van der Waals surface area contributed by atoms with E-state index in [1.807, 2.05) is 0 Å². The Balaban J connectivity index is 1.89. The number of piperazine rings is 1. The molecule has 1 aliphatic carbocycles. The van der Waals surface area contributed by atoms with E-state index in [0.717, 1.165) is 32.6 Å². The summed E-state index contributed by atoms with van der Waals surface area (Å²) in [5, 5.41) is 10.2. The van der Waals surface area contributed by atoms with E-state index in [9.17, 15) is 5.11 Å². The zero-order chi connectivity index (χ0) is 11.4. The van der Waals surface area contributed by atoms with Crippen molar-refractivity contribution in [2.45, 2.75) is 50.7 Å². The van der Waals surface area contributed by atoms with Gasteiger partial charge in [-0.15, -0.1) is 0 Å². The lowest BCUT2D eigenvalue weighted by atomic mass is 9.93. The third kappa shape index (κ3) is 3.19. The molecule has 0 aromatic rings. The van der Waals surface area contributed by atoms with E-state index in [-0.39, 0.29) is 6.10 Å². The first-order chi connectivity index (χ1) is 7.77. The summed E-state index contributed by atoms with van der Waals surface area (Å²) in [6.07, 6.45) is 7.31. The Labute approximate surface area is 99.4 Å². The molecular formula is C13H26N2O. The molecule has 1 saturated carbocycles. The van der Waals surface area contributed by atoms with Crippen LogP contribution in [-0.2, 0) is 0 Å². The molecule has 0 amide bonds. The minimum absolute atomic E-state index is 0.0799. The summed E-state index contributed by atoms with van der Waals surface area (Å²) in [6, 6.07) is 0.439. The molecule has 3 nitrogen and oxygen atoms in total. The fourth-order valence-corrected chi connectivity index (χ4v) is 3.02. The van der Waals surface area contributed by atoms with Gasteiger partial charge in [0.1, 0.15) is 0 Å². The molecule has 2 fully saturated rings. The molecule has 2 unspecified atom stereocenters. The number of nitrogens with zero attached hydrogens (tertiary/aromatic N) is 2. The molecule has 0 aromatic heterocycles. The highest BCUT2D eigenvalue weighted by molar-refractivity contribution is 4.83. The quantitative estimate of drug-likeness (QED) is 0.730. The normalized spacial score (nSPS) is 35.6. The van der Waals surface area contributed by atoms with Gasteiger partial charge in [-0.2, -0.15) is 0 Å². The van der Waals surface area contributed by atoms with Gasteiger partial charge >= 0.3 is 0 Å². The number of hydrogen-bond acceptors (Lipinski definition) is 3. The van der Waals surface area contributed by atoms with E-state index in [1.54, 1.807) is 0 Å². The Morgan fingerprint density at radius 1 is 0.875 bits per heavy atom. The molecule has 2 atom stereocenters. The molecule has 2 rings (SSSR count). The van der Waals surface area contributed by atoms with Crippen molar-refractivity contribution in [1.29, 1.82) is 0 Å². The third-order valence-corrected chi connectivity index (χ3v) is 4.20. The number of hydrogen-bond donors (Lipinski definition) is 1. The van der Waals surface area contributed by atoms with Crippen molar-refractivity contribution in [3.8, 4) is 0 Å². The van der Waals surface area contributed by atoms with Gasteiger partial charge < -0.3 is 10.0 Å². The van der Waals surface area contributed by atoms with Crippen LogP contribution in [0, 0.1) is 0 Å². The highest BCUT2D eigenvalue weighted by Crippen LogP contribution is 2.22. The minimum atomic E-state index is -0.0799. The second-order valence-corrected chi connectivity index (χ2v) is 5.47. The molecule has 1 heterocycles. The summed E-state index contributed by atoms with van der Waals surface area (Å²) >= 11 is 0. The third-order valence-electron chi connectivity index (χ3n) is 4.20. The maximum absolute atomic E-state index is 10.2. The van der Waals surface area contributed by atoms with Gasteiger partial charge in [0.2, 0.25) is 0 Å². The van der Waals surface area contributed by atoms with Crippen LogP contribution in [0.25, 0.3) is 0 Å². The van der Waals surface area contributed by atoms with Crippen LogP contribution in [0.5, 0.6) is 0 Å². The maximum Gasteiger partial charge on any atom is 0.0695 e. The average Bonchev–Trinajstić information content (AvgIpc) is 2.26. The van der Waals surface area contributed by atoms with E-state index in [4.69, 9.17) is 0 Å². The second-order valence-electron chi connectivity index (χ2n) is 5.47. The summed E-state index contributed by atoms with van der Waals surface area (Å²) in [5.74, 6) is 0.